The lowest BCUT2D eigenvalue weighted by atomic mass is 10.3. The zero-order valence-electron chi connectivity index (χ0n) is 10.3. The van der Waals surface area contributed by atoms with Gasteiger partial charge in [-0.25, -0.2) is 9.78 Å². The number of aromatic nitrogens is 1. The lowest BCUT2D eigenvalue weighted by molar-refractivity contribution is 0.0691. The van der Waals surface area contributed by atoms with Crippen molar-refractivity contribution in [3.8, 4) is 0 Å². The number of rotatable bonds is 6. The van der Waals surface area contributed by atoms with Gasteiger partial charge in [0.2, 0.25) is 0 Å². The minimum absolute atomic E-state index is 0.0498. The van der Waals surface area contributed by atoms with Crippen molar-refractivity contribution in [1.82, 2.24) is 9.88 Å². The number of carboxylic acids is 1. The van der Waals surface area contributed by atoms with Crippen molar-refractivity contribution in [3.05, 3.63) is 16.1 Å². The molecule has 0 radical (unpaired) electrons. The van der Waals surface area contributed by atoms with Crippen LogP contribution in [0.1, 0.15) is 46.5 Å². The van der Waals surface area contributed by atoms with Gasteiger partial charge in [-0.05, 0) is 25.2 Å². The van der Waals surface area contributed by atoms with Crippen LogP contribution in [0.3, 0.4) is 0 Å². The van der Waals surface area contributed by atoms with E-state index in [0.29, 0.717) is 12.5 Å². The van der Waals surface area contributed by atoms with E-state index >= 15 is 0 Å². The highest BCUT2D eigenvalue weighted by molar-refractivity contribution is 7.11. The first-order valence-electron chi connectivity index (χ1n) is 6.10. The second kappa shape index (κ2) is 5.48. The number of nitrogens with zero attached hydrogens (tertiary/aromatic N) is 2. The standard InChI is InChI=1S/C12H16N2O3S/c1-2-5-14(6-8-3-4-8)11(15)10-13-9(7-18-10)12(16)17/h7-8H,2-6H2,1H3,(H,16,17). The van der Waals surface area contributed by atoms with E-state index in [1.807, 2.05) is 6.92 Å². The van der Waals surface area contributed by atoms with E-state index < -0.39 is 5.97 Å². The monoisotopic (exact) mass is 268 g/mol. The van der Waals surface area contributed by atoms with Gasteiger partial charge < -0.3 is 10.0 Å². The molecule has 0 bridgehead atoms. The predicted octanol–water partition coefficient (Wildman–Crippen LogP) is 2.10. The summed E-state index contributed by atoms with van der Waals surface area (Å²) in [5.74, 6) is -0.602. The molecule has 1 fully saturated rings. The molecule has 1 heterocycles. The summed E-state index contributed by atoms with van der Waals surface area (Å²) < 4.78 is 0. The lowest BCUT2D eigenvalue weighted by Gasteiger charge is -2.20. The number of aromatic carboxylic acids is 1. The molecule has 1 N–H and O–H groups in total. The topological polar surface area (TPSA) is 70.5 Å². The van der Waals surface area contributed by atoms with Gasteiger partial charge in [-0.2, -0.15) is 0 Å². The van der Waals surface area contributed by atoms with Crippen molar-refractivity contribution in [3.63, 3.8) is 0 Å². The zero-order chi connectivity index (χ0) is 13.1. The lowest BCUT2D eigenvalue weighted by Crippen LogP contribution is -2.33. The Balaban J connectivity index is 2.07. The van der Waals surface area contributed by atoms with Crippen LogP contribution in [0.25, 0.3) is 0 Å². The van der Waals surface area contributed by atoms with E-state index in [9.17, 15) is 9.59 Å². The van der Waals surface area contributed by atoms with Crippen molar-refractivity contribution < 1.29 is 14.7 Å². The molecule has 5 nitrogen and oxygen atoms in total. The quantitative estimate of drug-likeness (QED) is 0.857. The number of carbonyl (C=O) groups excluding carboxylic acids is 1. The highest BCUT2D eigenvalue weighted by Gasteiger charge is 2.28. The van der Waals surface area contributed by atoms with Gasteiger partial charge in [0, 0.05) is 18.5 Å². The molecule has 18 heavy (non-hydrogen) atoms. The van der Waals surface area contributed by atoms with E-state index in [0.717, 1.165) is 24.3 Å². The summed E-state index contributed by atoms with van der Waals surface area (Å²) in [5, 5.41) is 10.5. The van der Waals surface area contributed by atoms with Crippen LogP contribution in [0.4, 0.5) is 0 Å². The summed E-state index contributed by atoms with van der Waals surface area (Å²) in [6.07, 6.45) is 3.27. The molecule has 0 aliphatic heterocycles. The van der Waals surface area contributed by atoms with Crippen molar-refractivity contribution >= 4 is 23.2 Å². The van der Waals surface area contributed by atoms with Gasteiger partial charge in [-0.1, -0.05) is 6.92 Å². The van der Waals surface area contributed by atoms with Gasteiger partial charge in [0.15, 0.2) is 10.7 Å². The number of carbonyl (C=O) groups is 2. The minimum atomic E-state index is -1.09. The summed E-state index contributed by atoms with van der Waals surface area (Å²) in [6, 6.07) is 0. The number of hydrogen-bond donors (Lipinski definition) is 1. The Kier molecular flexibility index (Phi) is 3.96. The van der Waals surface area contributed by atoms with Gasteiger partial charge in [-0.3, -0.25) is 4.79 Å². The second-order valence-corrected chi connectivity index (χ2v) is 5.40. The Morgan fingerprint density at radius 2 is 2.28 bits per heavy atom. The molecule has 1 aromatic rings. The SMILES string of the molecule is CCCN(CC1CC1)C(=O)c1nc(C(=O)O)cs1. The van der Waals surface area contributed by atoms with Gasteiger partial charge >= 0.3 is 5.97 Å². The van der Waals surface area contributed by atoms with Crippen LogP contribution in [0.2, 0.25) is 0 Å². The molecule has 0 atom stereocenters. The molecule has 1 aromatic heterocycles. The summed E-state index contributed by atoms with van der Waals surface area (Å²) in [7, 11) is 0. The van der Waals surface area contributed by atoms with Crippen molar-refractivity contribution in [1.29, 1.82) is 0 Å². The first-order valence-corrected chi connectivity index (χ1v) is 6.98. The van der Waals surface area contributed by atoms with Crippen LogP contribution in [-0.2, 0) is 0 Å². The van der Waals surface area contributed by atoms with E-state index in [-0.39, 0.29) is 16.6 Å². The molecule has 2 rings (SSSR count). The first-order chi connectivity index (χ1) is 8.61. The van der Waals surface area contributed by atoms with Crippen LogP contribution in [0.5, 0.6) is 0 Å². The molecule has 1 saturated carbocycles. The van der Waals surface area contributed by atoms with E-state index in [4.69, 9.17) is 5.11 Å². The summed E-state index contributed by atoms with van der Waals surface area (Å²) in [6.45, 7) is 3.50. The molecular weight excluding hydrogens is 252 g/mol. The minimum Gasteiger partial charge on any atom is -0.476 e. The van der Waals surface area contributed by atoms with Crippen LogP contribution in [-0.4, -0.2) is 40.0 Å². The molecule has 1 aliphatic carbocycles. The maximum atomic E-state index is 12.2. The van der Waals surface area contributed by atoms with Crippen LogP contribution < -0.4 is 0 Å². The third kappa shape index (κ3) is 3.07. The smallest absolute Gasteiger partial charge is 0.355 e. The molecule has 98 valence electrons. The largest absolute Gasteiger partial charge is 0.476 e. The molecule has 0 saturated heterocycles. The summed E-state index contributed by atoms with van der Waals surface area (Å²) >= 11 is 1.10. The Hall–Kier alpha value is -1.43. The van der Waals surface area contributed by atoms with E-state index in [1.165, 1.54) is 18.2 Å². The van der Waals surface area contributed by atoms with Crippen LogP contribution in [0.15, 0.2) is 5.38 Å². The first kappa shape index (κ1) is 13.0. The average Bonchev–Trinajstić information content (AvgIpc) is 3.01. The van der Waals surface area contributed by atoms with Gasteiger partial charge in [0.1, 0.15) is 0 Å². The Labute approximate surface area is 109 Å². The van der Waals surface area contributed by atoms with Crippen molar-refractivity contribution in [2.24, 2.45) is 5.92 Å². The van der Waals surface area contributed by atoms with E-state index in [1.54, 1.807) is 4.90 Å². The highest BCUT2D eigenvalue weighted by Crippen LogP contribution is 2.30. The maximum Gasteiger partial charge on any atom is 0.355 e. The molecule has 6 heteroatoms. The fraction of sp³-hybridized carbons (Fsp3) is 0.583. The molecular formula is C12H16N2O3S. The predicted molar refractivity (Wildman–Crippen MR) is 68.0 cm³/mol. The summed E-state index contributed by atoms with van der Waals surface area (Å²) in [5.41, 5.74) is -0.0498. The van der Waals surface area contributed by atoms with Gasteiger partial charge in [-0.15, -0.1) is 11.3 Å². The van der Waals surface area contributed by atoms with Gasteiger partial charge in [0.25, 0.3) is 5.91 Å². The number of amides is 1. The average molecular weight is 268 g/mol. The molecule has 0 spiro atoms. The van der Waals surface area contributed by atoms with E-state index in [2.05, 4.69) is 4.98 Å². The molecule has 1 aliphatic rings. The Morgan fingerprint density at radius 1 is 1.56 bits per heavy atom. The highest BCUT2D eigenvalue weighted by atomic mass is 32.1. The second-order valence-electron chi connectivity index (χ2n) is 4.54. The Bertz CT molecular complexity index is 454. The van der Waals surface area contributed by atoms with Gasteiger partial charge in [0.05, 0.1) is 0 Å². The number of thiazole rings is 1. The molecule has 1 amide bonds. The fourth-order valence-corrected chi connectivity index (χ4v) is 2.52. The summed E-state index contributed by atoms with van der Waals surface area (Å²) in [4.78, 5) is 28.6. The zero-order valence-corrected chi connectivity index (χ0v) is 11.1. The fourth-order valence-electron chi connectivity index (χ4n) is 1.76. The third-order valence-corrected chi connectivity index (χ3v) is 3.69. The Morgan fingerprint density at radius 3 is 2.78 bits per heavy atom. The van der Waals surface area contributed by atoms with Crippen molar-refractivity contribution in [2.75, 3.05) is 13.1 Å². The van der Waals surface area contributed by atoms with Crippen LogP contribution in [0, 0.1) is 5.92 Å². The normalized spacial score (nSPS) is 14.5. The number of hydrogen-bond acceptors (Lipinski definition) is 4. The maximum absolute atomic E-state index is 12.2. The van der Waals surface area contributed by atoms with Crippen LogP contribution >= 0.6 is 11.3 Å². The third-order valence-electron chi connectivity index (χ3n) is 2.86. The molecule has 0 unspecified atom stereocenters. The van der Waals surface area contributed by atoms with Crippen molar-refractivity contribution in [2.45, 2.75) is 26.2 Å². The number of carboxylic acid groups (broad SMARTS) is 1. The molecule has 0 aromatic carbocycles.